The summed E-state index contributed by atoms with van der Waals surface area (Å²) in [5, 5.41) is 3.17. The molecule has 5 heteroatoms. The molecule has 1 saturated carbocycles. The van der Waals surface area contributed by atoms with Gasteiger partial charge in [-0.05, 0) is 43.4 Å². The molecule has 4 rings (SSSR count). The van der Waals surface area contributed by atoms with Gasteiger partial charge in [-0.3, -0.25) is 9.69 Å². The third-order valence-corrected chi connectivity index (χ3v) is 5.45. The summed E-state index contributed by atoms with van der Waals surface area (Å²) in [5.41, 5.74) is 1.25. The highest BCUT2D eigenvalue weighted by molar-refractivity contribution is 5.79. The van der Waals surface area contributed by atoms with Crippen LogP contribution in [0, 0.1) is 5.92 Å². The number of carbonyl (C=O) groups is 1. The standard InChI is InChI=1S/C19H26N2O3/c1-23-16-6-2-13(3-7-16)11-21-12-14(19(22)20-15-4-5-15)10-18-17(21)8-9-24-18/h2-3,6-7,14-15,17-18H,4-5,8-12H2,1H3,(H,20,22)/t14-,17+,18+/m1/s1. The fourth-order valence-electron chi connectivity index (χ4n) is 3.94. The highest BCUT2D eigenvalue weighted by atomic mass is 16.5. The minimum absolute atomic E-state index is 0.0446. The van der Waals surface area contributed by atoms with Gasteiger partial charge in [0, 0.05) is 31.8 Å². The summed E-state index contributed by atoms with van der Waals surface area (Å²) in [5.74, 6) is 1.13. The first-order chi connectivity index (χ1) is 11.7. The van der Waals surface area contributed by atoms with Crippen LogP contribution in [-0.2, 0) is 16.1 Å². The number of fused-ring (bicyclic) bond motifs is 1. The van der Waals surface area contributed by atoms with Crippen LogP contribution in [0.1, 0.15) is 31.2 Å². The molecule has 1 N–H and O–H groups in total. The maximum absolute atomic E-state index is 12.5. The van der Waals surface area contributed by atoms with Crippen LogP contribution in [0.4, 0.5) is 0 Å². The number of nitrogens with zero attached hydrogens (tertiary/aromatic N) is 1. The molecule has 1 aromatic carbocycles. The van der Waals surface area contributed by atoms with Crippen LogP contribution in [0.5, 0.6) is 5.75 Å². The summed E-state index contributed by atoms with van der Waals surface area (Å²) in [7, 11) is 1.68. The SMILES string of the molecule is COc1ccc(CN2C[C@H](C(=O)NC3CC3)C[C@@H]3OCC[C@@H]32)cc1. The number of methoxy groups -OCH3 is 1. The highest BCUT2D eigenvalue weighted by Gasteiger charge is 2.42. The van der Waals surface area contributed by atoms with Crippen molar-refractivity contribution in [2.45, 2.75) is 50.4 Å². The van der Waals surface area contributed by atoms with Crippen molar-refractivity contribution in [1.29, 1.82) is 0 Å². The molecule has 0 unspecified atom stereocenters. The van der Waals surface area contributed by atoms with Gasteiger partial charge in [0.25, 0.3) is 0 Å². The van der Waals surface area contributed by atoms with E-state index in [1.54, 1.807) is 7.11 Å². The Hall–Kier alpha value is -1.59. The van der Waals surface area contributed by atoms with Crippen molar-refractivity contribution in [2.24, 2.45) is 5.92 Å². The lowest BCUT2D eigenvalue weighted by molar-refractivity contribution is -0.129. The third kappa shape index (κ3) is 3.42. The van der Waals surface area contributed by atoms with Crippen molar-refractivity contribution in [3.05, 3.63) is 29.8 Å². The molecular weight excluding hydrogens is 304 g/mol. The van der Waals surface area contributed by atoms with Gasteiger partial charge in [-0.15, -0.1) is 0 Å². The largest absolute Gasteiger partial charge is 0.497 e. The molecule has 3 atom stereocenters. The number of ether oxygens (including phenoxy) is 2. The minimum Gasteiger partial charge on any atom is -0.497 e. The van der Waals surface area contributed by atoms with Crippen LogP contribution in [-0.4, -0.2) is 49.3 Å². The Balaban J connectivity index is 1.45. The Labute approximate surface area is 143 Å². The molecule has 1 aliphatic carbocycles. The number of hydrogen-bond acceptors (Lipinski definition) is 4. The van der Waals surface area contributed by atoms with Crippen LogP contribution in [0.2, 0.25) is 0 Å². The molecular formula is C19H26N2O3. The van der Waals surface area contributed by atoms with Crippen molar-refractivity contribution in [3.63, 3.8) is 0 Å². The number of rotatable bonds is 5. The number of nitrogens with one attached hydrogen (secondary N) is 1. The molecule has 130 valence electrons. The van der Waals surface area contributed by atoms with E-state index < -0.39 is 0 Å². The zero-order valence-electron chi connectivity index (χ0n) is 14.2. The Kier molecular flexibility index (Phi) is 4.46. The third-order valence-electron chi connectivity index (χ3n) is 5.45. The second-order valence-electron chi connectivity index (χ2n) is 7.26. The number of hydrogen-bond donors (Lipinski definition) is 1. The van der Waals surface area contributed by atoms with Crippen LogP contribution < -0.4 is 10.1 Å². The summed E-state index contributed by atoms with van der Waals surface area (Å²) in [6, 6.07) is 9.08. The molecule has 2 aliphatic heterocycles. The Morgan fingerprint density at radius 2 is 2.08 bits per heavy atom. The Morgan fingerprint density at radius 1 is 1.29 bits per heavy atom. The molecule has 0 radical (unpaired) electrons. The average Bonchev–Trinajstić information content (AvgIpc) is 3.28. The topological polar surface area (TPSA) is 50.8 Å². The monoisotopic (exact) mass is 330 g/mol. The molecule has 0 aromatic heterocycles. The Bertz CT molecular complexity index is 585. The van der Waals surface area contributed by atoms with Crippen LogP contribution in [0.15, 0.2) is 24.3 Å². The van der Waals surface area contributed by atoms with E-state index in [-0.39, 0.29) is 17.9 Å². The fraction of sp³-hybridized carbons (Fsp3) is 0.632. The maximum atomic E-state index is 12.5. The first-order valence-corrected chi connectivity index (χ1v) is 9.02. The van der Waals surface area contributed by atoms with Gasteiger partial charge in [0.2, 0.25) is 5.91 Å². The van der Waals surface area contributed by atoms with E-state index in [0.29, 0.717) is 12.1 Å². The molecule has 1 amide bonds. The van der Waals surface area contributed by atoms with Gasteiger partial charge in [-0.25, -0.2) is 0 Å². The van der Waals surface area contributed by atoms with Crippen molar-refractivity contribution < 1.29 is 14.3 Å². The second kappa shape index (κ2) is 6.73. The summed E-state index contributed by atoms with van der Waals surface area (Å²) >= 11 is 0. The maximum Gasteiger partial charge on any atom is 0.224 e. The molecule has 3 aliphatic rings. The van der Waals surface area contributed by atoms with Crippen LogP contribution in [0.3, 0.4) is 0 Å². The van der Waals surface area contributed by atoms with Crippen LogP contribution in [0.25, 0.3) is 0 Å². The summed E-state index contributed by atoms with van der Waals surface area (Å²) in [4.78, 5) is 15.0. The lowest BCUT2D eigenvalue weighted by Crippen LogP contribution is -2.52. The number of likely N-dealkylation sites (tertiary alicyclic amines) is 1. The molecule has 3 fully saturated rings. The number of piperidine rings is 1. The van der Waals surface area contributed by atoms with E-state index in [0.717, 1.165) is 51.1 Å². The summed E-state index contributed by atoms with van der Waals surface area (Å²) in [6.45, 7) is 2.50. The molecule has 5 nitrogen and oxygen atoms in total. The van der Waals surface area contributed by atoms with E-state index in [1.165, 1.54) is 5.56 Å². The van der Waals surface area contributed by atoms with E-state index in [1.807, 2.05) is 12.1 Å². The van der Waals surface area contributed by atoms with Gasteiger partial charge in [-0.2, -0.15) is 0 Å². The predicted molar refractivity (Wildman–Crippen MR) is 90.8 cm³/mol. The zero-order chi connectivity index (χ0) is 16.5. The highest BCUT2D eigenvalue weighted by Crippen LogP contribution is 2.33. The number of carbonyl (C=O) groups excluding carboxylic acids is 1. The smallest absolute Gasteiger partial charge is 0.224 e. The van der Waals surface area contributed by atoms with Crippen molar-refractivity contribution in [2.75, 3.05) is 20.3 Å². The van der Waals surface area contributed by atoms with E-state index in [4.69, 9.17) is 9.47 Å². The Morgan fingerprint density at radius 3 is 2.79 bits per heavy atom. The minimum atomic E-state index is 0.0446. The number of amides is 1. The molecule has 2 saturated heterocycles. The number of benzene rings is 1. The second-order valence-corrected chi connectivity index (χ2v) is 7.26. The first kappa shape index (κ1) is 15.9. The normalized spacial score (nSPS) is 30.0. The van der Waals surface area contributed by atoms with Gasteiger partial charge in [-0.1, -0.05) is 12.1 Å². The zero-order valence-corrected chi connectivity index (χ0v) is 14.2. The van der Waals surface area contributed by atoms with Gasteiger partial charge >= 0.3 is 0 Å². The average molecular weight is 330 g/mol. The van der Waals surface area contributed by atoms with Crippen molar-refractivity contribution in [1.82, 2.24) is 10.2 Å². The van der Waals surface area contributed by atoms with Gasteiger partial charge in [0.05, 0.1) is 19.1 Å². The van der Waals surface area contributed by atoms with Gasteiger partial charge < -0.3 is 14.8 Å². The molecule has 0 bridgehead atoms. The van der Waals surface area contributed by atoms with Gasteiger partial charge in [0.1, 0.15) is 5.75 Å². The molecule has 24 heavy (non-hydrogen) atoms. The van der Waals surface area contributed by atoms with Crippen molar-refractivity contribution >= 4 is 5.91 Å². The molecule has 0 spiro atoms. The summed E-state index contributed by atoms with van der Waals surface area (Å²) in [6.07, 6.45) is 4.40. The lowest BCUT2D eigenvalue weighted by atomic mass is 9.89. The summed E-state index contributed by atoms with van der Waals surface area (Å²) < 4.78 is 11.2. The van der Waals surface area contributed by atoms with E-state index in [2.05, 4.69) is 22.3 Å². The first-order valence-electron chi connectivity index (χ1n) is 9.02. The molecule has 1 aromatic rings. The van der Waals surface area contributed by atoms with Crippen LogP contribution >= 0.6 is 0 Å². The van der Waals surface area contributed by atoms with Gasteiger partial charge in [0.15, 0.2) is 0 Å². The molecule has 2 heterocycles. The van der Waals surface area contributed by atoms with E-state index >= 15 is 0 Å². The predicted octanol–water partition coefficient (Wildman–Crippen LogP) is 1.95. The van der Waals surface area contributed by atoms with E-state index in [9.17, 15) is 4.79 Å². The fourth-order valence-corrected chi connectivity index (χ4v) is 3.94. The lowest BCUT2D eigenvalue weighted by Gasteiger charge is -2.40. The quantitative estimate of drug-likeness (QED) is 0.897. The van der Waals surface area contributed by atoms with Crippen molar-refractivity contribution in [3.8, 4) is 5.75 Å².